The number of aromatic nitrogens is 5. The van der Waals surface area contributed by atoms with Crippen LogP contribution >= 0.6 is 0 Å². The highest BCUT2D eigenvalue weighted by molar-refractivity contribution is 6.22. The van der Waals surface area contributed by atoms with Gasteiger partial charge in [0.1, 0.15) is 16.7 Å². The molecule has 7 heteroatoms. The van der Waals surface area contributed by atoms with E-state index in [-0.39, 0.29) is 0 Å². The van der Waals surface area contributed by atoms with Crippen molar-refractivity contribution in [3.05, 3.63) is 176 Å². The summed E-state index contributed by atoms with van der Waals surface area (Å²) in [6.45, 7) is 0. The molecule has 266 valence electrons. The minimum absolute atomic E-state index is 0.562. The van der Waals surface area contributed by atoms with Crippen LogP contribution in [-0.2, 0) is 0 Å². The number of oxazole rings is 1. The normalized spacial score (nSPS) is 11.9. The van der Waals surface area contributed by atoms with Gasteiger partial charge in [0.05, 0.1) is 11.0 Å². The van der Waals surface area contributed by atoms with Gasteiger partial charge < -0.3 is 13.4 Å². The van der Waals surface area contributed by atoms with E-state index >= 15 is 0 Å². The summed E-state index contributed by atoms with van der Waals surface area (Å²) in [5.74, 6) is 2.30. The molecule has 0 atom stereocenters. The van der Waals surface area contributed by atoms with Crippen LogP contribution in [-0.4, -0.2) is 24.5 Å². The molecule has 0 aliphatic carbocycles. The average molecular weight is 732 g/mol. The van der Waals surface area contributed by atoms with Crippen LogP contribution in [0, 0.1) is 0 Å². The first-order chi connectivity index (χ1) is 28.2. The SMILES string of the molecule is c1ccc(-c2nc(-c3cccc(-n4c5c6ccccc6ccc5c5ccc6nc(-c7ccccc7)oc6c54)c3)nc(-c3cccc4oc5ccccc5c34)n2)cc1. The molecule has 0 N–H and O–H groups in total. The third-order valence-corrected chi connectivity index (χ3v) is 10.9. The molecular weight excluding hydrogens is 703 g/mol. The summed E-state index contributed by atoms with van der Waals surface area (Å²) >= 11 is 0. The van der Waals surface area contributed by atoms with Gasteiger partial charge in [-0.25, -0.2) is 19.9 Å². The van der Waals surface area contributed by atoms with Crippen molar-refractivity contribution in [3.63, 3.8) is 0 Å². The largest absolute Gasteiger partial charge is 0.456 e. The maximum atomic E-state index is 6.70. The molecule has 0 fully saturated rings. The number of nitrogens with zero attached hydrogens (tertiary/aromatic N) is 5. The second-order valence-electron chi connectivity index (χ2n) is 14.2. The summed E-state index contributed by atoms with van der Waals surface area (Å²) in [5, 5.41) is 6.49. The summed E-state index contributed by atoms with van der Waals surface area (Å²) < 4.78 is 15.3. The number of rotatable bonds is 5. The molecule has 0 unspecified atom stereocenters. The average Bonchev–Trinajstić information content (AvgIpc) is 3.99. The number of hydrogen-bond acceptors (Lipinski definition) is 6. The zero-order chi connectivity index (χ0) is 37.5. The minimum atomic E-state index is 0.562. The van der Waals surface area contributed by atoms with Crippen LogP contribution in [0.3, 0.4) is 0 Å². The molecule has 0 radical (unpaired) electrons. The zero-order valence-corrected chi connectivity index (χ0v) is 30.3. The summed E-state index contributed by atoms with van der Waals surface area (Å²) in [5.41, 5.74) is 9.67. The van der Waals surface area contributed by atoms with Gasteiger partial charge in [0, 0.05) is 54.9 Å². The van der Waals surface area contributed by atoms with Crippen molar-refractivity contribution in [2.75, 3.05) is 0 Å². The Hall–Kier alpha value is -7.90. The predicted octanol–water partition coefficient (Wildman–Crippen LogP) is 12.8. The smallest absolute Gasteiger partial charge is 0.227 e. The molecular formula is C50H29N5O2. The Morgan fingerprint density at radius 3 is 1.91 bits per heavy atom. The van der Waals surface area contributed by atoms with E-state index in [9.17, 15) is 0 Å². The number of benzene rings is 8. The fraction of sp³-hybridized carbons (Fsp3) is 0. The van der Waals surface area contributed by atoms with Crippen molar-refractivity contribution in [3.8, 4) is 51.3 Å². The topological polar surface area (TPSA) is 82.8 Å². The minimum Gasteiger partial charge on any atom is -0.456 e. The highest BCUT2D eigenvalue weighted by Crippen LogP contribution is 2.42. The van der Waals surface area contributed by atoms with Crippen molar-refractivity contribution in [2.24, 2.45) is 0 Å². The molecule has 12 rings (SSSR count). The van der Waals surface area contributed by atoms with E-state index in [1.807, 2.05) is 91.0 Å². The van der Waals surface area contributed by atoms with E-state index in [2.05, 4.69) is 89.5 Å². The highest BCUT2D eigenvalue weighted by atomic mass is 16.3. The van der Waals surface area contributed by atoms with Crippen LogP contribution in [0.25, 0.3) is 117 Å². The number of fused-ring (bicyclic) bond motifs is 10. The van der Waals surface area contributed by atoms with Crippen LogP contribution < -0.4 is 0 Å². The Morgan fingerprint density at radius 2 is 1.05 bits per heavy atom. The molecule has 7 nitrogen and oxygen atoms in total. The predicted molar refractivity (Wildman–Crippen MR) is 228 cm³/mol. The molecule has 0 spiro atoms. The quantitative estimate of drug-likeness (QED) is 0.175. The lowest BCUT2D eigenvalue weighted by Crippen LogP contribution is -2.01. The van der Waals surface area contributed by atoms with Gasteiger partial charge in [0.25, 0.3) is 0 Å². The monoisotopic (exact) mass is 731 g/mol. The van der Waals surface area contributed by atoms with Crippen molar-refractivity contribution < 1.29 is 8.83 Å². The van der Waals surface area contributed by atoms with Crippen molar-refractivity contribution in [2.45, 2.75) is 0 Å². The van der Waals surface area contributed by atoms with Gasteiger partial charge >= 0.3 is 0 Å². The van der Waals surface area contributed by atoms with Crippen molar-refractivity contribution >= 4 is 65.6 Å². The Morgan fingerprint density at radius 1 is 0.404 bits per heavy atom. The molecule has 0 saturated carbocycles. The third-order valence-electron chi connectivity index (χ3n) is 10.9. The highest BCUT2D eigenvalue weighted by Gasteiger charge is 2.22. The van der Waals surface area contributed by atoms with Crippen LogP contribution in [0.4, 0.5) is 0 Å². The third kappa shape index (κ3) is 4.92. The molecule has 0 amide bonds. The van der Waals surface area contributed by atoms with Gasteiger partial charge in [-0.05, 0) is 53.9 Å². The zero-order valence-electron chi connectivity index (χ0n) is 30.3. The van der Waals surface area contributed by atoms with E-state index in [0.717, 1.165) is 93.6 Å². The number of furan rings is 1. The summed E-state index contributed by atoms with van der Waals surface area (Å²) in [6, 6.07) is 59.8. The van der Waals surface area contributed by atoms with Gasteiger partial charge in [-0.3, -0.25) is 0 Å². The molecule has 0 saturated heterocycles. The number of para-hydroxylation sites is 1. The lowest BCUT2D eigenvalue weighted by molar-refractivity contribution is 0.622. The van der Waals surface area contributed by atoms with Gasteiger partial charge in [-0.2, -0.15) is 0 Å². The van der Waals surface area contributed by atoms with Crippen molar-refractivity contribution in [1.82, 2.24) is 24.5 Å². The van der Waals surface area contributed by atoms with Gasteiger partial charge in [-0.15, -0.1) is 0 Å². The fourth-order valence-corrected chi connectivity index (χ4v) is 8.29. The van der Waals surface area contributed by atoms with Crippen molar-refractivity contribution in [1.29, 1.82) is 0 Å². The first-order valence-electron chi connectivity index (χ1n) is 18.9. The Bertz CT molecular complexity index is 3530. The first-order valence-corrected chi connectivity index (χ1v) is 18.9. The van der Waals surface area contributed by atoms with E-state index < -0.39 is 0 Å². The molecule has 0 bridgehead atoms. The van der Waals surface area contributed by atoms with Crippen LogP contribution in [0.5, 0.6) is 0 Å². The summed E-state index contributed by atoms with van der Waals surface area (Å²) in [7, 11) is 0. The molecule has 4 heterocycles. The summed E-state index contributed by atoms with van der Waals surface area (Å²) in [6.07, 6.45) is 0. The standard InChI is InChI=1S/C50H29N5O2/c1-3-14-31(15-4-1)47-52-48(54-49(53-47)39-22-12-24-42-43(39)38-21-9-10-23-41(38)56-42)33-18-11-19-34(29-33)55-44-35-20-8-7-13-30(35)25-26-36(44)37-27-28-40-46(45(37)55)57-50(51-40)32-16-5-2-6-17-32/h1-29H. The Balaban J connectivity index is 1.12. The second-order valence-corrected chi connectivity index (χ2v) is 14.2. The second kappa shape index (κ2) is 12.3. The summed E-state index contributed by atoms with van der Waals surface area (Å²) in [4.78, 5) is 20.4. The molecule has 57 heavy (non-hydrogen) atoms. The molecule has 8 aromatic carbocycles. The fourth-order valence-electron chi connectivity index (χ4n) is 8.29. The Kier molecular flexibility index (Phi) is 6.79. The van der Waals surface area contributed by atoms with E-state index in [1.54, 1.807) is 0 Å². The van der Waals surface area contributed by atoms with Gasteiger partial charge in [0.15, 0.2) is 23.1 Å². The molecule has 12 aromatic rings. The van der Waals surface area contributed by atoms with E-state index in [1.165, 1.54) is 0 Å². The van der Waals surface area contributed by atoms with E-state index in [0.29, 0.717) is 23.4 Å². The molecule has 4 aromatic heterocycles. The van der Waals surface area contributed by atoms with Gasteiger partial charge in [-0.1, -0.05) is 127 Å². The van der Waals surface area contributed by atoms with E-state index in [4.69, 9.17) is 28.8 Å². The molecule has 0 aliphatic rings. The first kappa shape index (κ1) is 31.5. The van der Waals surface area contributed by atoms with Gasteiger partial charge in [0.2, 0.25) is 5.89 Å². The van der Waals surface area contributed by atoms with Crippen LogP contribution in [0.15, 0.2) is 185 Å². The Labute approximate surface area is 325 Å². The lowest BCUT2D eigenvalue weighted by atomic mass is 10.1. The number of hydrogen-bond donors (Lipinski definition) is 0. The molecule has 0 aliphatic heterocycles. The maximum absolute atomic E-state index is 6.70. The lowest BCUT2D eigenvalue weighted by Gasteiger charge is -2.13. The maximum Gasteiger partial charge on any atom is 0.227 e. The van der Waals surface area contributed by atoms with Crippen LogP contribution in [0.2, 0.25) is 0 Å². The van der Waals surface area contributed by atoms with Crippen LogP contribution in [0.1, 0.15) is 0 Å².